The Bertz CT molecular complexity index is 952. The maximum Gasteiger partial charge on any atom is 0.229 e. The van der Waals surface area contributed by atoms with Crippen molar-refractivity contribution in [3.63, 3.8) is 0 Å². The van der Waals surface area contributed by atoms with Crippen molar-refractivity contribution in [3.05, 3.63) is 77.5 Å². The lowest BCUT2D eigenvalue weighted by molar-refractivity contribution is 0.249. The fourth-order valence-electron chi connectivity index (χ4n) is 3.48. The van der Waals surface area contributed by atoms with Crippen molar-refractivity contribution >= 4 is 17.5 Å². The van der Waals surface area contributed by atoms with Crippen LogP contribution < -0.4 is 10.2 Å². The average Bonchev–Trinajstić information content (AvgIpc) is 2.72. The Morgan fingerprint density at radius 1 is 0.897 bits per heavy atom. The van der Waals surface area contributed by atoms with E-state index in [2.05, 4.69) is 49.4 Å². The molecule has 29 heavy (non-hydrogen) atoms. The van der Waals surface area contributed by atoms with E-state index in [1.807, 2.05) is 19.1 Å². The van der Waals surface area contributed by atoms with E-state index < -0.39 is 11.6 Å². The van der Waals surface area contributed by atoms with Crippen LogP contribution in [0.25, 0.3) is 0 Å². The number of aryl methyl sites for hydroxylation is 1. The summed E-state index contributed by atoms with van der Waals surface area (Å²) >= 11 is 0. The van der Waals surface area contributed by atoms with E-state index in [0.29, 0.717) is 0 Å². The molecule has 7 heteroatoms. The SMILES string of the molecule is Cc1cc(N2CCN(Cc3ccccc3)CC2)nc(Nc2c(F)cccc2F)n1. The Balaban J connectivity index is 1.44. The van der Waals surface area contributed by atoms with E-state index in [-0.39, 0.29) is 11.6 Å². The molecule has 0 aliphatic carbocycles. The third kappa shape index (κ3) is 4.68. The highest BCUT2D eigenvalue weighted by Crippen LogP contribution is 2.24. The summed E-state index contributed by atoms with van der Waals surface area (Å²) in [5, 5.41) is 2.69. The van der Waals surface area contributed by atoms with Gasteiger partial charge in [-0.2, -0.15) is 4.98 Å². The summed E-state index contributed by atoms with van der Waals surface area (Å²) in [5.74, 6) is -0.399. The predicted molar refractivity (Wildman–Crippen MR) is 110 cm³/mol. The Morgan fingerprint density at radius 2 is 1.59 bits per heavy atom. The molecule has 0 unspecified atom stereocenters. The number of benzene rings is 2. The van der Waals surface area contributed by atoms with Gasteiger partial charge < -0.3 is 10.2 Å². The van der Waals surface area contributed by atoms with Gasteiger partial charge in [0.15, 0.2) is 0 Å². The summed E-state index contributed by atoms with van der Waals surface area (Å²) in [7, 11) is 0. The molecule has 1 fully saturated rings. The van der Waals surface area contributed by atoms with E-state index in [1.54, 1.807) is 0 Å². The Morgan fingerprint density at radius 3 is 2.28 bits per heavy atom. The van der Waals surface area contributed by atoms with Crippen molar-refractivity contribution < 1.29 is 8.78 Å². The maximum atomic E-state index is 13.9. The molecule has 0 atom stereocenters. The van der Waals surface area contributed by atoms with Crippen LogP contribution >= 0.6 is 0 Å². The fraction of sp³-hybridized carbons (Fsp3) is 0.273. The number of rotatable bonds is 5. The fourth-order valence-corrected chi connectivity index (χ4v) is 3.48. The van der Waals surface area contributed by atoms with Crippen LogP contribution in [0.2, 0.25) is 0 Å². The molecule has 4 rings (SSSR count). The Kier molecular flexibility index (Phi) is 5.67. The highest BCUT2D eigenvalue weighted by Gasteiger charge is 2.19. The molecule has 1 saturated heterocycles. The molecule has 1 N–H and O–H groups in total. The van der Waals surface area contributed by atoms with Gasteiger partial charge in [-0.25, -0.2) is 13.8 Å². The van der Waals surface area contributed by atoms with Crippen LogP contribution in [0.15, 0.2) is 54.6 Å². The van der Waals surface area contributed by atoms with Gasteiger partial charge in [-0.1, -0.05) is 36.4 Å². The van der Waals surface area contributed by atoms with Crippen molar-refractivity contribution in [1.82, 2.24) is 14.9 Å². The molecule has 0 bridgehead atoms. The standard InChI is InChI=1S/C22H23F2N5/c1-16-14-20(26-22(25-16)27-21-18(23)8-5-9-19(21)24)29-12-10-28(11-13-29)15-17-6-3-2-4-7-17/h2-9,14H,10-13,15H2,1H3,(H,25,26,27). The number of piperazine rings is 1. The number of hydrogen-bond donors (Lipinski definition) is 1. The van der Waals surface area contributed by atoms with Gasteiger partial charge in [0.05, 0.1) is 0 Å². The first-order valence-electron chi connectivity index (χ1n) is 9.66. The van der Waals surface area contributed by atoms with Gasteiger partial charge in [-0.05, 0) is 24.6 Å². The molecule has 0 saturated carbocycles. The number of aromatic nitrogens is 2. The van der Waals surface area contributed by atoms with Gasteiger partial charge in [0.2, 0.25) is 5.95 Å². The predicted octanol–water partition coefficient (Wildman–Crippen LogP) is 4.13. The zero-order chi connectivity index (χ0) is 20.2. The number of halogens is 2. The highest BCUT2D eigenvalue weighted by atomic mass is 19.1. The van der Waals surface area contributed by atoms with Crippen molar-refractivity contribution in [2.24, 2.45) is 0 Å². The molecule has 150 valence electrons. The Labute approximate surface area is 169 Å². The molecule has 3 aromatic rings. The summed E-state index contributed by atoms with van der Waals surface area (Å²) in [4.78, 5) is 13.4. The van der Waals surface area contributed by atoms with E-state index >= 15 is 0 Å². The van der Waals surface area contributed by atoms with E-state index in [0.717, 1.165) is 44.2 Å². The zero-order valence-electron chi connectivity index (χ0n) is 16.3. The lowest BCUT2D eigenvalue weighted by Gasteiger charge is -2.35. The Hall–Kier alpha value is -3.06. The molecular weight excluding hydrogens is 372 g/mol. The largest absolute Gasteiger partial charge is 0.354 e. The highest BCUT2D eigenvalue weighted by molar-refractivity contribution is 5.57. The minimum absolute atomic E-state index is 0.190. The monoisotopic (exact) mass is 395 g/mol. The smallest absolute Gasteiger partial charge is 0.229 e. The number of anilines is 3. The van der Waals surface area contributed by atoms with Crippen LogP contribution in [0.5, 0.6) is 0 Å². The lowest BCUT2D eigenvalue weighted by Crippen LogP contribution is -2.46. The van der Waals surface area contributed by atoms with E-state index in [4.69, 9.17) is 0 Å². The summed E-state index contributed by atoms with van der Waals surface area (Å²) < 4.78 is 27.9. The summed E-state index contributed by atoms with van der Waals surface area (Å²) in [6.45, 7) is 6.27. The molecule has 1 aliphatic heterocycles. The summed E-state index contributed by atoms with van der Waals surface area (Å²) in [5.41, 5.74) is 1.80. The summed E-state index contributed by atoms with van der Waals surface area (Å²) in [6.07, 6.45) is 0. The van der Waals surface area contributed by atoms with Crippen LogP contribution in [-0.2, 0) is 6.54 Å². The van der Waals surface area contributed by atoms with Gasteiger partial charge in [0, 0.05) is 44.5 Å². The van der Waals surface area contributed by atoms with Crippen molar-refractivity contribution in [2.45, 2.75) is 13.5 Å². The number of hydrogen-bond acceptors (Lipinski definition) is 5. The second-order valence-electron chi connectivity index (χ2n) is 7.16. The van der Waals surface area contributed by atoms with Gasteiger partial charge >= 0.3 is 0 Å². The van der Waals surface area contributed by atoms with Crippen LogP contribution in [0.4, 0.5) is 26.2 Å². The minimum Gasteiger partial charge on any atom is -0.354 e. The second kappa shape index (κ2) is 8.53. The first-order chi connectivity index (χ1) is 14.1. The molecule has 1 aliphatic rings. The number of para-hydroxylation sites is 1. The zero-order valence-corrected chi connectivity index (χ0v) is 16.3. The third-order valence-corrected chi connectivity index (χ3v) is 4.99. The third-order valence-electron chi connectivity index (χ3n) is 4.99. The lowest BCUT2D eigenvalue weighted by atomic mass is 10.2. The first-order valence-corrected chi connectivity index (χ1v) is 9.66. The van der Waals surface area contributed by atoms with Gasteiger partial charge in [0.1, 0.15) is 23.1 Å². The number of nitrogens with zero attached hydrogens (tertiary/aromatic N) is 4. The quantitative estimate of drug-likeness (QED) is 0.704. The normalized spacial score (nSPS) is 14.8. The topological polar surface area (TPSA) is 44.3 Å². The molecule has 0 spiro atoms. The van der Waals surface area contributed by atoms with Gasteiger partial charge in [0.25, 0.3) is 0 Å². The molecular formula is C22H23F2N5. The van der Waals surface area contributed by atoms with Crippen LogP contribution in [0.3, 0.4) is 0 Å². The number of nitrogens with one attached hydrogen (secondary N) is 1. The first kappa shape index (κ1) is 19.3. The minimum atomic E-state index is -0.675. The average molecular weight is 395 g/mol. The van der Waals surface area contributed by atoms with Gasteiger partial charge in [-0.15, -0.1) is 0 Å². The molecule has 1 aromatic heterocycles. The molecule has 5 nitrogen and oxygen atoms in total. The van der Waals surface area contributed by atoms with Crippen LogP contribution in [0, 0.1) is 18.6 Å². The van der Waals surface area contributed by atoms with E-state index in [1.165, 1.54) is 23.8 Å². The van der Waals surface area contributed by atoms with Crippen LogP contribution in [-0.4, -0.2) is 41.0 Å². The van der Waals surface area contributed by atoms with Crippen LogP contribution in [0.1, 0.15) is 11.3 Å². The molecule has 2 aromatic carbocycles. The second-order valence-corrected chi connectivity index (χ2v) is 7.16. The molecule has 0 radical (unpaired) electrons. The van der Waals surface area contributed by atoms with Gasteiger partial charge in [-0.3, -0.25) is 4.90 Å². The maximum absolute atomic E-state index is 13.9. The summed E-state index contributed by atoms with van der Waals surface area (Å²) in [6, 6.07) is 16.0. The van der Waals surface area contributed by atoms with Crippen molar-refractivity contribution in [1.29, 1.82) is 0 Å². The van der Waals surface area contributed by atoms with Crippen molar-refractivity contribution in [2.75, 3.05) is 36.4 Å². The van der Waals surface area contributed by atoms with Crippen molar-refractivity contribution in [3.8, 4) is 0 Å². The van der Waals surface area contributed by atoms with E-state index in [9.17, 15) is 8.78 Å². The molecule has 0 amide bonds. The molecule has 2 heterocycles.